The van der Waals surface area contributed by atoms with Crippen molar-refractivity contribution in [3.63, 3.8) is 0 Å². The Labute approximate surface area is 131 Å². The summed E-state index contributed by atoms with van der Waals surface area (Å²) < 4.78 is 10.7. The van der Waals surface area contributed by atoms with Gasteiger partial charge in [-0.25, -0.2) is 15.0 Å². The molecule has 8 heteroatoms. The van der Waals surface area contributed by atoms with Crippen molar-refractivity contribution in [1.82, 2.24) is 20.3 Å². The van der Waals surface area contributed by atoms with Crippen molar-refractivity contribution in [3.8, 4) is 11.7 Å². The van der Waals surface area contributed by atoms with Gasteiger partial charge in [-0.2, -0.15) is 0 Å². The van der Waals surface area contributed by atoms with Crippen molar-refractivity contribution in [1.29, 1.82) is 0 Å². The van der Waals surface area contributed by atoms with Crippen LogP contribution in [0.5, 0.6) is 0 Å². The van der Waals surface area contributed by atoms with Crippen LogP contribution in [0, 0.1) is 6.92 Å². The van der Waals surface area contributed by atoms with Gasteiger partial charge in [-0.3, -0.25) is 4.79 Å². The maximum Gasteiger partial charge on any atom is 0.263 e. The van der Waals surface area contributed by atoms with E-state index in [0.29, 0.717) is 34.7 Å². The first-order chi connectivity index (χ1) is 11.1. The lowest BCUT2D eigenvalue weighted by molar-refractivity contribution is -0.120. The minimum atomic E-state index is -0.210. The molecule has 3 N–H and O–H groups in total. The highest BCUT2D eigenvalue weighted by Crippen LogP contribution is 2.22. The van der Waals surface area contributed by atoms with Gasteiger partial charge in [0.1, 0.15) is 17.4 Å². The van der Waals surface area contributed by atoms with E-state index in [-0.39, 0.29) is 18.9 Å². The van der Waals surface area contributed by atoms with Crippen LogP contribution in [0.3, 0.4) is 0 Å². The molecule has 0 aliphatic heterocycles. The molecule has 3 aromatic heterocycles. The van der Waals surface area contributed by atoms with Crippen molar-refractivity contribution < 1.29 is 13.6 Å². The van der Waals surface area contributed by atoms with Crippen LogP contribution in [0.1, 0.15) is 17.3 Å². The van der Waals surface area contributed by atoms with Crippen molar-refractivity contribution >= 4 is 11.7 Å². The average molecular weight is 313 g/mol. The van der Waals surface area contributed by atoms with Gasteiger partial charge < -0.3 is 19.9 Å². The normalized spacial score (nSPS) is 10.7. The van der Waals surface area contributed by atoms with Gasteiger partial charge >= 0.3 is 0 Å². The smallest absolute Gasteiger partial charge is 0.263 e. The second kappa shape index (κ2) is 6.30. The molecule has 1 amide bonds. The molecule has 0 unspecified atom stereocenters. The average Bonchev–Trinajstić information content (AvgIpc) is 3.16. The topological polar surface area (TPSA) is 120 Å². The summed E-state index contributed by atoms with van der Waals surface area (Å²) in [5, 5.41) is 2.72. The summed E-state index contributed by atoms with van der Waals surface area (Å²) in [6.07, 6.45) is 3.17. The van der Waals surface area contributed by atoms with E-state index in [9.17, 15) is 4.79 Å². The Balaban J connectivity index is 1.62. The second-order valence-electron chi connectivity index (χ2n) is 4.85. The number of hydrogen-bond acceptors (Lipinski definition) is 7. The van der Waals surface area contributed by atoms with Crippen molar-refractivity contribution in [2.75, 3.05) is 5.73 Å². The quantitative estimate of drug-likeness (QED) is 0.731. The number of nitrogens with two attached hydrogens (primary N) is 1. The largest absolute Gasteiger partial charge is 0.459 e. The first-order valence-corrected chi connectivity index (χ1v) is 6.96. The highest BCUT2D eigenvalue weighted by Gasteiger charge is 2.16. The number of nitrogens with zero attached hydrogens (tertiary/aromatic N) is 3. The van der Waals surface area contributed by atoms with E-state index in [1.54, 1.807) is 31.3 Å². The van der Waals surface area contributed by atoms with Crippen LogP contribution < -0.4 is 11.1 Å². The third kappa shape index (κ3) is 3.54. The lowest BCUT2D eigenvalue weighted by Crippen LogP contribution is -2.26. The van der Waals surface area contributed by atoms with Crippen LogP contribution in [-0.4, -0.2) is 20.9 Å². The van der Waals surface area contributed by atoms with E-state index in [1.807, 2.05) is 0 Å². The number of carbonyl (C=O) groups is 1. The molecule has 0 saturated heterocycles. The molecule has 23 heavy (non-hydrogen) atoms. The highest BCUT2D eigenvalue weighted by molar-refractivity contribution is 5.78. The molecule has 0 saturated carbocycles. The molecule has 8 nitrogen and oxygen atoms in total. The molecule has 3 heterocycles. The first-order valence-electron chi connectivity index (χ1n) is 6.96. The fraction of sp³-hybridized carbons (Fsp3) is 0.200. The fourth-order valence-corrected chi connectivity index (χ4v) is 1.99. The van der Waals surface area contributed by atoms with Crippen LogP contribution in [0.15, 0.2) is 39.5 Å². The molecular formula is C15H15N5O3. The number of amides is 1. The number of nitrogen functional groups attached to an aromatic ring is 1. The molecule has 0 spiro atoms. The molecule has 3 rings (SSSR count). The first kappa shape index (κ1) is 14.8. The van der Waals surface area contributed by atoms with E-state index in [4.69, 9.17) is 14.6 Å². The zero-order valence-corrected chi connectivity index (χ0v) is 12.4. The van der Waals surface area contributed by atoms with Crippen LogP contribution in [0.2, 0.25) is 0 Å². The highest BCUT2D eigenvalue weighted by atomic mass is 16.4. The minimum Gasteiger partial charge on any atom is -0.459 e. The van der Waals surface area contributed by atoms with Gasteiger partial charge in [0, 0.05) is 6.20 Å². The Morgan fingerprint density at radius 2 is 2.22 bits per heavy atom. The summed E-state index contributed by atoms with van der Waals surface area (Å²) in [6, 6.07) is 5.07. The molecule has 0 aromatic carbocycles. The second-order valence-corrected chi connectivity index (χ2v) is 4.85. The van der Waals surface area contributed by atoms with Crippen molar-refractivity contribution in [2.24, 2.45) is 0 Å². The zero-order valence-electron chi connectivity index (χ0n) is 12.4. The summed E-state index contributed by atoms with van der Waals surface area (Å²) in [5.74, 6) is 2.05. The predicted molar refractivity (Wildman–Crippen MR) is 80.9 cm³/mol. The van der Waals surface area contributed by atoms with E-state index in [2.05, 4.69) is 20.3 Å². The Bertz CT molecular complexity index is 810. The SMILES string of the molecule is Cc1oc(-c2ccco2)nc1CC(=O)NCc1nccc(N)n1. The number of furan rings is 1. The number of aromatic nitrogens is 3. The molecule has 0 aliphatic carbocycles. The maximum atomic E-state index is 12.0. The zero-order chi connectivity index (χ0) is 16.2. The van der Waals surface area contributed by atoms with Crippen LogP contribution >= 0.6 is 0 Å². The van der Waals surface area contributed by atoms with E-state index in [1.165, 1.54) is 6.26 Å². The number of aryl methyl sites for hydroxylation is 1. The van der Waals surface area contributed by atoms with Crippen LogP contribution in [0.4, 0.5) is 5.82 Å². The lowest BCUT2D eigenvalue weighted by atomic mass is 10.2. The molecule has 0 radical (unpaired) electrons. The molecule has 0 fully saturated rings. The van der Waals surface area contributed by atoms with Gasteiger partial charge in [-0.1, -0.05) is 0 Å². The molecule has 0 aliphatic rings. The van der Waals surface area contributed by atoms with E-state index < -0.39 is 0 Å². The molecule has 0 atom stereocenters. The van der Waals surface area contributed by atoms with Gasteiger partial charge in [0.25, 0.3) is 5.89 Å². The van der Waals surface area contributed by atoms with Crippen LogP contribution in [0.25, 0.3) is 11.7 Å². The summed E-state index contributed by atoms with van der Waals surface area (Å²) in [5.41, 5.74) is 6.12. The lowest BCUT2D eigenvalue weighted by Gasteiger charge is -2.03. The monoisotopic (exact) mass is 313 g/mol. The number of carbonyl (C=O) groups excluding carboxylic acids is 1. The van der Waals surface area contributed by atoms with Gasteiger partial charge in [-0.05, 0) is 25.1 Å². The Kier molecular flexibility index (Phi) is 4.05. The Morgan fingerprint density at radius 1 is 1.35 bits per heavy atom. The molecule has 118 valence electrons. The third-order valence-corrected chi connectivity index (χ3v) is 3.12. The summed E-state index contributed by atoms with van der Waals surface area (Å²) in [7, 11) is 0. The number of anilines is 1. The maximum absolute atomic E-state index is 12.0. The van der Waals surface area contributed by atoms with E-state index in [0.717, 1.165) is 0 Å². The summed E-state index contributed by atoms with van der Waals surface area (Å²) in [6.45, 7) is 1.95. The Hall–Kier alpha value is -3.16. The molecular weight excluding hydrogens is 298 g/mol. The van der Waals surface area contributed by atoms with Crippen molar-refractivity contribution in [3.05, 3.63) is 47.9 Å². The predicted octanol–water partition coefficient (Wildman–Crippen LogP) is 1.47. The summed E-state index contributed by atoms with van der Waals surface area (Å²) >= 11 is 0. The molecule has 0 bridgehead atoms. The van der Waals surface area contributed by atoms with Crippen LogP contribution in [-0.2, 0) is 17.8 Å². The molecule has 3 aromatic rings. The Morgan fingerprint density at radius 3 is 2.96 bits per heavy atom. The van der Waals surface area contributed by atoms with Gasteiger partial charge in [-0.15, -0.1) is 0 Å². The summed E-state index contributed by atoms with van der Waals surface area (Å²) in [4.78, 5) is 24.3. The standard InChI is InChI=1S/C15H15N5O3/c1-9-10(19-15(23-9)11-3-2-6-22-11)7-14(21)18-8-13-17-5-4-12(16)20-13/h2-6H,7-8H2,1H3,(H,18,21)(H2,16,17,20). The van der Waals surface area contributed by atoms with Gasteiger partial charge in [0.2, 0.25) is 5.91 Å². The number of rotatable bonds is 5. The van der Waals surface area contributed by atoms with Gasteiger partial charge in [0.05, 0.1) is 24.9 Å². The van der Waals surface area contributed by atoms with E-state index >= 15 is 0 Å². The number of oxazole rings is 1. The number of nitrogens with one attached hydrogen (secondary N) is 1. The fourth-order valence-electron chi connectivity index (χ4n) is 1.99. The third-order valence-electron chi connectivity index (χ3n) is 3.12. The number of hydrogen-bond donors (Lipinski definition) is 2. The minimum absolute atomic E-state index is 0.0956. The van der Waals surface area contributed by atoms with Gasteiger partial charge in [0.15, 0.2) is 5.76 Å². The van der Waals surface area contributed by atoms with Crippen molar-refractivity contribution in [2.45, 2.75) is 19.9 Å².